The molecule has 3 heterocycles. The Morgan fingerprint density at radius 2 is 2.17 bits per heavy atom. The maximum absolute atomic E-state index is 11.4. The van der Waals surface area contributed by atoms with Crippen LogP contribution in [0.2, 0.25) is 0 Å². The number of hydrogen-bond acceptors (Lipinski definition) is 6. The van der Waals surface area contributed by atoms with Gasteiger partial charge in [-0.15, -0.1) is 0 Å². The first-order valence-corrected chi connectivity index (χ1v) is 8.33. The first-order valence-electron chi connectivity index (χ1n) is 7.51. The van der Waals surface area contributed by atoms with Crippen LogP contribution in [0.1, 0.15) is 0 Å². The zero-order valence-electron chi connectivity index (χ0n) is 13.3. The average Bonchev–Trinajstić information content (AvgIpc) is 2.93. The van der Waals surface area contributed by atoms with Crippen LogP contribution in [0.4, 0.5) is 5.69 Å². The standard InChI is InChI=1S/C16H15N5O2S/c1-19(2)7-8-20-11-3-4-12(21(22)23)16-14(11)15(18-20)10-9-17-6-5-13(10)24-16/h3-6,9H,7-8H2,1-2H3. The van der Waals surface area contributed by atoms with Gasteiger partial charge in [-0.2, -0.15) is 5.10 Å². The van der Waals surface area contributed by atoms with E-state index in [-0.39, 0.29) is 10.6 Å². The lowest BCUT2D eigenvalue weighted by Crippen LogP contribution is -2.18. The fourth-order valence-corrected chi connectivity index (χ4v) is 4.05. The molecular weight excluding hydrogens is 326 g/mol. The lowest BCUT2D eigenvalue weighted by atomic mass is 10.1. The quantitative estimate of drug-likeness (QED) is 0.419. The smallest absolute Gasteiger partial charge is 0.284 e. The number of pyridine rings is 1. The Labute approximate surface area is 142 Å². The zero-order valence-corrected chi connectivity index (χ0v) is 14.1. The van der Waals surface area contributed by atoms with Crippen LogP contribution >= 0.6 is 11.8 Å². The van der Waals surface area contributed by atoms with Crippen molar-refractivity contribution in [1.82, 2.24) is 19.7 Å². The number of likely N-dealkylation sites (N-methyl/N-ethyl adjacent to an activating group) is 1. The Balaban J connectivity index is 1.99. The second-order valence-electron chi connectivity index (χ2n) is 5.91. The minimum atomic E-state index is -0.325. The summed E-state index contributed by atoms with van der Waals surface area (Å²) in [5.41, 5.74) is 2.77. The first-order chi connectivity index (χ1) is 11.6. The highest BCUT2D eigenvalue weighted by Crippen LogP contribution is 2.50. The molecule has 0 spiro atoms. The van der Waals surface area contributed by atoms with E-state index in [9.17, 15) is 10.1 Å². The van der Waals surface area contributed by atoms with Crippen molar-refractivity contribution in [2.75, 3.05) is 20.6 Å². The number of nitro groups is 1. The summed E-state index contributed by atoms with van der Waals surface area (Å²) in [6, 6.07) is 5.25. The van der Waals surface area contributed by atoms with Gasteiger partial charge in [0.05, 0.1) is 17.0 Å². The van der Waals surface area contributed by atoms with E-state index in [1.165, 1.54) is 11.8 Å². The molecule has 122 valence electrons. The monoisotopic (exact) mass is 341 g/mol. The van der Waals surface area contributed by atoms with Crippen LogP contribution in [-0.4, -0.2) is 45.2 Å². The van der Waals surface area contributed by atoms with Crippen LogP contribution in [0.3, 0.4) is 0 Å². The Morgan fingerprint density at radius 3 is 2.92 bits per heavy atom. The van der Waals surface area contributed by atoms with Gasteiger partial charge < -0.3 is 4.90 Å². The van der Waals surface area contributed by atoms with Crippen LogP contribution in [0.5, 0.6) is 0 Å². The van der Waals surface area contributed by atoms with E-state index in [4.69, 9.17) is 5.10 Å². The molecule has 1 aliphatic heterocycles. The third kappa shape index (κ3) is 2.26. The van der Waals surface area contributed by atoms with E-state index < -0.39 is 0 Å². The number of rotatable bonds is 4. The third-order valence-corrected chi connectivity index (χ3v) is 5.25. The van der Waals surface area contributed by atoms with Crippen LogP contribution in [0.25, 0.3) is 22.2 Å². The molecule has 4 rings (SSSR count). The molecule has 0 fully saturated rings. The van der Waals surface area contributed by atoms with E-state index in [0.717, 1.165) is 40.1 Å². The number of nitrogens with zero attached hydrogens (tertiary/aromatic N) is 5. The van der Waals surface area contributed by atoms with Gasteiger partial charge in [-0.3, -0.25) is 19.8 Å². The fraction of sp³-hybridized carbons (Fsp3) is 0.250. The summed E-state index contributed by atoms with van der Waals surface area (Å²) in [6.45, 7) is 1.57. The molecule has 0 saturated heterocycles. The minimum Gasteiger partial charge on any atom is -0.308 e. The largest absolute Gasteiger partial charge is 0.308 e. The molecule has 0 radical (unpaired) electrons. The Bertz CT molecular complexity index is 967. The number of benzene rings is 1. The summed E-state index contributed by atoms with van der Waals surface area (Å²) in [5.74, 6) is 0. The Morgan fingerprint density at radius 1 is 1.33 bits per heavy atom. The van der Waals surface area contributed by atoms with Crippen molar-refractivity contribution in [3.8, 4) is 11.3 Å². The first kappa shape index (κ1) is 15.1. The van der Waals surface area contributed by atoms with Gasteiger partial charge in [-0.1, -0.05) is 11.8 Å². The van der Waals surface area contributed by atoms with Crippen molar-refractivity contribution in [2.24, 2.45) is 0 Å². The van der Waals surface area contributed by atoms with Crippen LogP contribution in [0.15, 0.2) is 40.4 Å². The molecule has 3 aromatic rings. The highest BCUT2D eigenvalue weighted by molar-refractivity contribution is 8.00. The molecule has 1 aliphatic rings. The summed E-state index contributed by atoms with van der Waals surface area (Å²) >= 11 is 1.42. The van der Waals surface area contributed by atoms with Gasteiger partial charge in [0.2, 0.25) is 0 Å². The van der Waals surface area contributed by atoms with Gasteiger partial charge in [0.25, 0.3) is 5.69 Å². The Kier molecular flexibility index (Phi) is 3.50. The molecule has 8 heteroatoms. The highest BCUT2D eigenvalue weighted by Gasteiger charge is 2.29. The van der Waals surface area contributed by atoms with Gasteiger partial charge in [0, 0.05) is 40.8 Å². The summed E-state index contributed by atoms with van der Waals surface area (Å²) in [5, 5.41) is 17.0. The number of nitro benzene ring substituents is 1. The SMILES string of the molecule is CN(C)CCn1nc2c3c(c([N+](=O)[O-])ccc31)Sc1ccncc1-2. The van der Waals surface area contributed by atoms with E-state index in [2.05, 4.69) is 9.88 Å². The predicted molar refractivity (Wildman–Crippen MR) is 92.3 cm³/mol. The number of fused-ring (bicyclic) bond motifs is 2. The van der Waals surface area contributed by atoms with Gasteiger partial charge in [0.15, 0.2) is 0 Å². The van der Waals surface area contributed by atoms with E-state index in [0.29, 0.717) is 4.90 Å². The van der Waals surface area contributed by atoms with Crippen molar-refractivity contribution in [1.29, 1.82) is 0 Å². The van der Waals surface area contributed by atoms with Crippen molar-refractivity contribution in [3.05, 3.63) is 40.7 Å². The summed E-state index contributed by atoms with van der Waals surface area (Å²) in [4.78, 5) is 19.0. The van der Waals surface area contributed by atoms with E-state index >= 15 is 0 Å². The lowest BCUT2D eigenvalue weighted by molar-refractivity contribution is -0.387. The van der Waals surface area contributed by atoms with Crippen LogP contribution in [-0.2, 0) is 6.54 Å². The second kappa shape index (κ2) is 5.57. The molecule has 0 atom stereocenters. The Hall–Kier alpha value is -2.45. The van der Waals surface area contributed by atoms with E-state index in [1.807, 2.05) is 24.8 Å². The summed E-state index contributed by atoms with van der Waals surface area (Å²) in [7, 11) is 4.02. The van der Waals surface area contributed by atoms with E-state index in [1.54, 1.807) is 24.5 Å². The fourth-order valence-electron chi connectivity index (χ4n) is 2.89. The zero-order chi connectivity index (χ0) is 16.8. The van der Waals surface area contributed by atoms with Crippen LogP contribution in [0, 0.1) is 10.1 Å². The van der Waals surface area contributed by atoms with Gasteiger partial charge in [0.1, 0.15) is 10.6 Å². The van der Waals surface area contributed by atoms with Crippen molar-refractivity contribution in [2.45, 2.75) is 16.3 Å². The minimum absolute atomic E-state index is 0.128. The summed E-state index contributed by atoms with van der Waals surface area (Å²) in [6.07, 6.45) is 3.48. The molecule has 0 N–H and O–H groups in total. The van der Waals surface area contributed by atoms with Gasteiger partial charge in [-0.25, -0.2) is 0 Å². The average molecular weight is 341 g/mol. The molecule has 0 bridgehead atoms. The molecule has 7 nitrogen and oxygen atoms in total. The molecule has 0 amide bonds. The van der Waals surface area contributed by atoms with Gasteiger partial charge in [-0.05, 0) is 26.2 Å². The molecule has 0 aliphatic carbocycles. The normalized spacial score (nSPS) is 12.6. The lowest BCUT2D eigenvalue weighted by Gasteiger charge is -2.14. The molecular formula is C16H15N5O2S. The third-order valence-electron chi connectivity index (χ3n) is 4.05. The van der Waals surface area contributed by atoms with Crippen molar-refractivity contribution >= 4 is 28.4 Å². The van der Waals surface area contributed by atoms with Crippen molar-refractivity contribution in [3.63, 3.8) is 0 Å². The molecule has 1 aromatic carbocycles. The summed E-state index contributed by atoms with van der Waals surface area (Å²) < 4.78 is 1.93. The van der Waals surface area contributed by atoms with Crippen molar-refractivity contribution < 1.29 is 4.92 Å². The molecule has 2 aromatic heterocycles. The second-order valence-corrected chi connectivity index (χ2v) is 6.97. The molecule has 0 saturated carbocycles. The maximum atomic E-state index is 11.4. The highest BCUT2D eigenvalue weighted by atomic mass is 32.2. The predicted octanol–water partition coefficient (Wildman–Crippen LogP) is 3.03. The molecule has 24 heavy (non-hydrogen) atoms. The number of aromatic nitrogens is 3. The molecule has 0 unspecified atom stereocenters. The van der Waals surface area contributed by atoms with Crippen LogP contribution < -0.4 is 0 Å². The topological polar surface area (TPSA) is 77.1 Å². The van der Waals surface area contributed by atoms with Gasteiger partial charge >= 0.3 is 0 Å². The maximum Gasteiger partial charge on any atom is 0.284 e. The number of hydrogen-bond donors (Lipinski definition) is 0.